The van der Waals surface area contributed by atoms with Crippen molar-refractivity contribution in [2.45, 2.75) is 38.8 Å². The Bertz CT molecular complexity index is 334. The quantitative estimate of drug-likeness (QED) is 0.786. The average molecular weight is 250 g/mol. The molecule has 1 saturated heterocycles. The summed E-state index contributed by atoms with van der Waals surface area (Å²) in [6, 6.07) is 4.03. The molecule has 0 amide bonds. The van der Waals surface area contributed by atoms with Crippen molar-refractivity contribution >= 4 is 0 Å². The molecule has 100 valence electrons. The SMILES string of the molecule is CCCNCc1ccc(OC2CCOCC2)nc1. The van der Waals surface area contributed by atoms with E-state index in [0.29, 0.717) is 0 Å². The fraction of sp³-hybridized carbons (Fsp3) is 0.643. The van der Waals surface area contributed by atoms with Crippen molar-refractivity contribution in [3.8, 4) is 5.88 Å². The van der Waals surface area contributed by atoms with Gasteiger partial charge in [0, 0.05) is 31.6 Å². The lowest BCUT2D eigenvalue weighted by Crippen LogP contribution is -2.26. The molecule has 1 aromatic rings. The van der Waals surface area contributed by atoms with Crippen molar-refractivity contribution in [2.75, 3.05) is 19.8 Å². The summed E-state index contributed by atoms with van der Waals surface area (Å²) in [5.74, 6) is 0.723. The van der Waals surface area contributed by atoms with E-state index in [1.807, 2.05) is 12.3 Å². The van der Waals surface area contributed by atoms with Crippen LogP contribution in [0.4, 0.5) is 0 Å². The average Bonchev–Trinajstić information content (AvgIpc) is 2.42. The Hall–Kier alpha value is -1.13. The summed E-state index contributed by atoms with van der Waals surface area (Å²) >= 11 is 0. The number of nitrogens with zero attached hydrogens (tertiary/aromatic N) is 1. The molecule has 1 fully saturated rings. The Morgan fingerprint density at radius 1 is 1.39 bits per heavy atom. The maximum Gasteiger partial charge on any atom is 0.213 e. The van der Waals surface area contributed by atoms with E-state index in [-0.39, 0.29) is 6.10 Å². The largest absolute Gasteiger partial charge is 0.474 e. The minimum absolute atomic E-state index is 0.260. The lowest BCUT2D eigenvalue weighted by atomic mass is 10.1. The van der Waals surface area contributed by atoms with Gasteiger partial charge in [0.2, 0.25) is 5.88 Å². The number of rotatable bonds is 6. The molecule has 4 nitrogen and oxygen atoms in total. The second-order valence-electron chi connectivity index (χ2n) is 4.61. The Labute approximate surface area is 109 Å². The van der Waals surface area contributed by atoms with Crippen LogP contribution in [-0.4, -0.2) is 30.8 Å². The van der Waals surface area contributed by atoms with Crippen LogP contribution in [-0.2, 0) is 11.3 Å². The van der Waals surface area contributed by atoms with Gasteiger partial charge in [-0.25, -0.2) is 4.98 Å². The molecule has 4 heteroatoms. The highest BCUT2D eigenvalue weighted by molar-refractivity contribution is 5.18. The Morgan fingerprint density at radius 2 is 2.22 bits per heavy atom. The first kappa shape index (κ1) is 13.3. The van der Waals surface area contributed by atoms with Crippen LogP contribution in [0, 0.1) is 0 Å². The van der Waals surface area contributed by atoms with E-state index in [1.165, 1.54) is 5.56 Å². The number of aromatic nitrogens is 1. The van der Waals surface area contributed by atoms with Crippen molar-refractivity contribution in [3.63, 3.8) is 0 Å². The highest BCUT2D eigenvalue weighted by atomic mass is 16.5. The zero-order chi connectivity index (χ0) is 12.6. The maximum atomic E-state index is 5.82. The summed E-state index contributed by atoms with van der Waals surface area (Å²) in [5.41, 5.74) is 1.20. The molecule has 2 heterocycles. The molecule has 0 atom stereocenters. The minimum Gasteiger partial charge on any atom is -0.474 e. The smallest absolute Gasteiger partial charge is 0.213 e. The minimum atomic E-state index is 0.260. The lowest BCUT2D eigenvalue weighted by molar-refractivity contribution is 0.0237. The van der Waals surface area contributed by atoms with E-state index in [0.717, 1.165) is 51.4 Å². The topological polar surface area (TPSA) is 43.4 Å². The molecular formula is C14H22N2O2. The molecule has 0 saturated carbocycles. The van der Waals surface area contributed by atoms with E-state index in [4.69, 9.17) is 9.47 Å². The first-order valence-electron chi connectivity index (χ1n) is 6.78. The van der Waals surface area contributed by atoms with Crippen molar-refractivity contribution in [1.29, 1.82) is 0 Å². The van der Waals surface area contributed by atoms with Gasteiger partial charge in [0.1, 0.15) is 6.10 Å². The third-order valence-corrected chi connectivity index (χ3v) is 3.01. The van der Waals surface area contributed by atoms with Gasteiger partial charge in [-0.05, 0) is 18.5 Å². The van der Waals surface area contributed by atoms with Crippen molar-refractivity contribution in [2.24, 2.45) is 0 Å². The van der Waals surface area contributed by atoms with Crippen LogP contribution < -0.4 is 10.1 Å². The van der Waals surface area contributed by atoms with Gasteiger partial charge in [-0.3, -0.25) is 0 Å². The number of pyridine rings is 1. The molecular weight excluding hydrogens is 228 g/mol. The fourth-order valence-corrected chi connectivity index (χ4v) is 1.96. The zero-order valence-corrected chi connectivity index (χ0v) is 11.0. The zero-order valence-electron chi connectivity index (χ0n) is 11.0. The second kappa shape index (κ2) is 7.34. The number of nitrogens with one attached hydrogen (secondary N) is 1. The van der Waals surface area contributed by atoms with Gasteiger partial charge in [-0.15, -0.1) is 0 Å². The summed E-state index contributed by atoms with van der Waals surface area (Å²) in [4.78, 5) is 4.35. The molecule has 0 aliphatic carbocycles. The predicted molar refractivity (Wildman–Crippen MR) is 70.7 cm³/mol. The molecule has 18 heavy (non-hydrogen) atoms. The van der Waals surface area contributed by atoms with Crippen LogP contribution in [0.25, 0.3) is 0 Å². The van der Waals surface area contributed by atoms with Crippen LogP contribution in [0.15, 0.2) is 18.3 Å². The highest BCUT2D eigenvalue weighted by Crippen LogP contribution is 2.15. The van der Waals surface area contributed by atoms with E-state index in [1.54, 1.807) is 0 Å². The van der Waals surface area contributed by atoms with Crippen molar-refractivity contribution in [3.05, 3.63) is 23.9 Å². The van der Waals surface area contributed by atoms with Gasteiger partial charge in [0.25, 0.3) is 0 Å². The highest BCUT2D eigenvalue weighted by Gasteiger charge is 2.15. The molecule has 0 radical (unpaired) electrons. The predicted octanol–water partition coefficient (Wildman–Crippen LogP) is 2.14. The van der Waals surface area contributed by atoms with Crippen LogP contribution >= 0.6 is 0 Å². The molecule has 2 rings (SSSR count). The molecule has 1 aliphatic heterocycles. The van der Waals surface area contributed by atoms with Gasteiger partial charge in [-0.2, -0.15) is 0 Å². The summed E-state index contributed by atoms with van der Waals surface area (Å²) < 4.78 is 11.1. The monoisotopic (exact) mass is 250 g/mol. The lowest BCUT2D eigenvalue weighted by Gasteiger charge is -2.22. The molecule has 1 aliphatic rings. The van der Waals surface area contributed by atoms with Gasteiger partial charge in [0.05, 0.1) is 13.2 Å². The first-order chi connectivity index (χ1) is 8.88. The van der Waals surface area contributed by atoms with Crippen LogP contribution in [0.3, 0.4) is 0 Å². The number of hydrogen-bond donors (Lipinski definition) is 1. The number of ether oxygens (including phenoxy) is 2. The van der Waals surface area contributed by atoms with Gasteiger partial charge in [0.15, 0.2) is 0 Å². The normalized spacial score (nSPS) is 16.7. The third kappa shape index (κ3) is 4.27. The van der Waals surface area contributed by atoms with Crippen LogP contribution in [0.5, 0.6) is 5.88 Å². The Morgan fingerprint density at radius 3 is 2.89 bits per heavy atom. The summed E-state index contributed by atoms with van der Waals surface area (Å²) in [6.45, 7) is 5.67. The first-order valence-corrected chi connectivity index (χ1v) is 6.78. The molecule has 0 spiro atoms. The van der Waals surface area contributed by atoms with E-state index < -0.39 is 0 Å². The van der Waals surface area contributed by atoms with E-state index >= 15 is 0 Å². The van der Waals surface area contributed by atoms with Gasteiger partial charge in [-0.1, -0.05) is 13.0 Å². The summed E-state index contributed by atoms with van der Waals surface area (Å²) in [5, 5.41) is 3.35. The molecule has 0 aromatic carbocycles. The van der Waals surface area contributed by atoms with E-state index in [9.17, 15) is 0 Å². The molecule has 0 unspecified atom stereocenters. The molecule has 1 aromatic heterocycles. The maximum absolute atomic E-state index is 5.82. The van der Waals surface area contributed by atoms with E-state index in [2.05, 4.69) is 23.3 Å². The summed E-state index contributed by atoms with van der Waals surface area (Å²) in [6.07, 6.45) is 5.22. The van der Waals surface area contributed by atoms with Crippen LogP contribution in [0.2, 0.25) is 0 Å². The third-order valence-electron chi connectivity index (χ3n) is 3.01. The van der Waals surface area contributed by atoms with Crippen LogP contribution in [0.1, 0.15) is 31.7 Å². The van der Waals surface area contributed by atoms with Gasteiger partial charge < -0.3 is 14.8 Å². The van der Waals surface area contributed by atoms with Gasteiger partial charge >= 0.3 is 0 Å². The van der Waals surface area contributed by atoms with Crippen molar-refractivity contribution < 1.29 is 9.47 Å². The Balaban J connectivity index is 1.79. The molecule has 0 bridgehead atoms. The standard InChI is InChI=1S/C14H22N2O2/c1-2-7-15-10-12-3-4-14(16-11-12)18-13-5-8-17-9-6-13/h3-4,11,13,15H,2,5-10H2,1H3. The fourth-order valence-electron chi connectivity index (χ4n) is 1.96. The second-order valence-corrected chi connectivity index (χ2v) is 4.61. The molecule has 1 N–H and O–H groups in total. The van der Waals surface area contributed by atoms with Crippen molar-refractivity contribution in [1.82, 2.24) is 10.3 Å². The Kier molecular flexibility index (Phi) is 5.42. The number of hydrogen-bond acceptors (Lipinski definition) is 4. The summed E-state index contributed by atoms with van der Waals surface area (Å²) in [7, 11) is 0.